The molecule has 3 aliphatic carbocycles. The number of nitrogens with one attached hydrogen (secondary N) is 1. The van der Waals surface area contributed by atoms with Crippen LogP contribution in [0.4, 0.5) is 14.5 Å². The molecular weight excluding hydrogens is 518 g/mol. The predicted octanol–water partition coefficient (Wildman–Crippen LogP) is 3.90. The van der Waals surface area contributed by atoms with Crippen LogP contribution in [0.15, 0.2) is 58.2 Å². The van der Waals surface area contributed by atoms with Gasteiger partial charge < -0.3 is 19.9 Å². The first-order valence-corrected chi connectivity index (χ1v) is 13.0. The van der Waals surface area contributed by atoms with Gasteiger partial charge in [-0.2, -0.15) is 0 Å². The monoisotopic (exact) mass is 538 g/mol. The first-order valence-electron chi connectivity index (χ1n) is 11.1. The van der Waals surface area contributed by atoms with Gasteiger partial charge >= 0.3 is 0 Å². The maximum absolute atomic E-state index is 13.5. The van der Waals surface area contributed by atoms with Gasteiger partial charge in [-0.1, -0.05) is 11.6 Å². The van der Waals surface area contributed by atoms with Gasteiger partial charge in [-0.15, -0.1) is 0 Å². The number of aromatic nitrogens is 1. The van der Waals surface area contributed by atoms with E-state index >= 15 is 0 Å². The number of aliphatic hydroxyl groups excluding tert-OH is 1. The zero-order valence-electron chi connectivity index (χ0n) is 18.6. The quantitative estimate of drug-likeness (QED) is 0.434. The lowest BCUT2D eigenvalue weighted by atomic mass is 9.52. The number of halogens is 3. The first kappa shape index (κ1) is 24.8. The lowest BCUT2D eigenvalue weighted by molar-refractivity contribution is -0.238. The summed E-state index contributed by atoms with van der Waals surface area (Å²) in [5.41, 5.74) is -1.60. The number of oxazole rings is 1. The SMILES string of the molecule is O=C(Nc1ccc(F)c(F)c1)c1ccc(Cl)c(S(=O)(=O)C2CC3CC(C2)C3(O)C(O)c2ncco2)c1. The van der Waals surface area contributed by atoms with Crippen LogP contribution in [0.3, 0.4) is 0 Å². The molecule has 3 saturated carbocycles. The second-order valence-corrected chi connectivity index (χ2v) is 11.8. The number of carbonyl (C=O) groups excluding carboxylic acids is 1. The summed E-state index contributed by atoms with van der Waals surface area (Å²) in [6.45, 7) is 0. The van der Waals surface area contributed by atoms with Crippen molar-refractivity contribution in [3.8, 4) is 0 Å². The van der Waals surface area contributed by atoms with Crippen LogP contribution in [0, 0.1) is 23.5 Å². The highest BCUT2D eigenvalue weighted by Gasteiger charge is 2.64. The van der Waals surface area contributed by atoms with Gasteiger partial charge in [-0.25, -0.2) is 22.2 Å². The summed E-state index contributed by atoms with van der Waals surface area (Å²) >= 11 is 6.21. The Hall–Kier alpha value is -2.86. The smallest absolute Gasteiger partial charge is 0.255 e. The third kappa shape index (κ3) is 4.00. The van der Waals surface area contributed by atoms with Crippen molar-refractivity contribution in [2.45, 2.75) is 41.1 Å². The molecule has 190 valence electrons. The molecule has 3 aromatic rings. The van der Waals surface area contributed by atoms with E-state index in [-0.39, 0.29) is 39.9 Å². The maximum Gasteiger partial charge on any atom is 0.255 e. The fourth-order valence-electron chi connectivity index (χ4n) is 5.28. The molecule has 2 aromatic carbocycles. The van der Waals surface area contributed by atoms with Crippen LogP contribution in [-0.4, -0.2) is 40.4 Å². The van der Waals surface area contributed by atoms with Crippen LogP contribution in [0.2, 0.25) is 5.02 Å². The number of anilines is 1. The van der Waals surface area contributed by atoms with Gasteiger partial charge in [-0.05, 0) is 61.4 Å². The number of aliphatic hydroxyl groups is 2. The van der Waals surface area contributed by atoms with Gasteiger partial charge in [0.2, 0.25) is 5.89 Å². The summed E-state index contributed by atoms with van der Waals surface area (Å²) in [4.78, 5) is 16.3. The highest BCUT2D eigenvalue weighted by Crippen LogP contribution is 2.60. The number of rotatable bonds is 6. The van der Waals surface area contributed by atoms with Crippen LogP contribution in [0.1, 0.15) is 41.6 Å². The van der Waals surface area contributed by atoms with Crippen molar-refractivity contribution < 1.29 is 36.6 Å². The second kappa shape index (κ2) is 8.91. The number of hydrogen-bond acceptors (Lipinski definition) is 7. The molecule has 3 N–H and O–H groups in total. The highest BCUT2D eigenvalue weighted by atomic mass is 35.5. The zero-order valence-corrected chi connectivity index (χ0v) is 20.1. The summed E-state index contributed by atoms with van der Waals surface area (Å²) in [6.07, 6.45) is 1.95. The Morgan fingerprint density at radius 1 is 1.14 bits per heavy atom. The fraction of sp³-hybridized carbons (Fsp3) is 0.333. The lowest BCUT2D eigenvalue weighted by Gasteiger charge is -2.59. The molecule has 0 aliphatic heterocycles. The third-order valence-corrected chi connectivity index (χ3v) is 9.87. The molecule has 1 aromatic heterocycles. The van der Waals surface area contributed by atoms with Gasteiger partial charge in [0.25, 0.3) is 5.91 Å². The first-order chi connectivity index (χ1) is 17.0. The van der Waals surface area contributed by atoms with Gasteiger partial charge in [0.1, 0.15) is 11.9 Å². The maximum atomic E-state index is 13.5. The topological polar surface area (TPSA) is 130 Å². The number of carbonyl (C=O) groups is 1. The average Bonchev–Trinajstić information content (AvgIpc) is 3.40. The number of amides is 1. The van der Waals surface area contributed by atoms with Crippen molar-refractivity contribution >= 4 is 33.0 Å². The Kier molecular flexibility index (Phi) is 6.14. The summed E-state index contributed by atoms with van der Waals surface area (Å²) in [5.74, 6) is -3.98. The van der Waals surface area contributed by atoms with Crippen molar-refractivity contribution in [1.29, 1.82) is 0 Å². The van der Waals surface area contributed by atoms with Crippen molar-refractivity contribution in [1.82, 2.24) is 4.98 Å². The van der Waals surface area contributed by atoms with Crippen LogP contribution in [-0.2, 0) is 9.84 Å². The van der Waals surface area contributed by atoms with E-state index in [2.05, 4.69) is 10.3 Å². The predicted molar refractivity (Wildman–Crippen MR) is 124 cm³/mol. The molecule has 36 heavy (non-hydrogen) atoms. The Balaban J connectivity index is 1.36. The molecule has 3 aliphatic rings. The highest BCUT2D eigenvalue weighted by molar-refractivity contribution is 7.92. The third-order valence-electron chi connectivity index (χ3n) is 7.21. The fourth-order valence-corrected chi connectivity index (χ4v) is 7.68. The summed E-state index contributed by atoms with van der Waals surface area (Å²) in [5, 5.41) is 23.2. The van der Waals surface area contributed by atoms with Gasteiger partial charge in [0, 0.05) is 17.3 Å². The van der Waals surface area contributed by atoms with Crippen molar-refractivity contribution in [3.63, 3.8) is 0 Å². The van der Waals surface area contributed by atoms with E-state index in [9.17, 15) is 32.2 Å². The standard InChI is InChI=1S/C24H21ClF2N2O6S/c25-17-3-1-12(22(31)29-15-2-4-18(26)19(27)11-15)7-20(17)36(33,34)16-9-13-8-14(10-16)24(13,32)21(30)23-28-5-6-35-23/h1-7,11,13-14,16,21,30,32H,8-10H2,(H,29,31). The number of sulfone groups is 1. The van der Waals surface area contributed by atoms with Crippen LogP contribution in [0.5, 0.6) is 0 Å². The van der Waals surface area contributed by atoms with Crippen molar-refractivity contribution in [2.75, 3.05) is 5.32 Å². The zero-order chi connectivity index (χ0) is 25.8. The van der Waals surface area contributed by atoms with Gasteiger partial charge in [0.15, 0.2) is 27.6 Å². The molecule has 3 fully saturated rings. The lowest BCUT2D eigenvalue weighted by Crippen LogP contribution is -2.64. The molecule has 2 bridgehead atoms. The average molecular weight is 539 g/mol. The summed E-state index contributed by atoms with van der Waals surface area (Å²) < 4.78 is 58.8. The Morgan fingerprint density at radius 2 is 1.86 bits per heavy atom. The van der Waals surface area contributed by atoms with Gasteiger partial charge in [-0.3, -0.25) is 4.79 Å². The number of hydrogen-bond donors (Lipinski definition) is 3. The minimum Gasteiger partial charge on any atom is -0.446 e. The molecule has 1 heterocycles. The molecule has 12 heteroatoms. The number of benzene rings is 2. The van der Waals surface area contributed by atoms with Crippen LogP contribution < -0.4 is 5.32 Å². The van der Waals surface area contributed by atoms with E-state index in [0.29, 0.717) is 6.42 Å². The molecule has 6 rings (SSSR count). The molecule has 0 spiro atoms. The molecule has 0 radical (unpaired) electrons. The summed E-state index contributed by atoms with van der Waals surface area (Å²) in [7, 11) is -4.02. The molecule has 0 saturated heterocycles. The van der Waals surface area contributed by atoms with Crippen molar-refractivity contribution in [3.05, 3.63) is 77.0 Å². The molecular formula is C24H21ClF2N2O6S. The van der Waals surface area contributed by atoms with E-state index in [1.54, 1.807) is 0 Å². The van der Waals surface area contributed by atoms with E-state index in [0.717, 1.165) is 18.2 Å². The molecule has 8 nitrogen and oxygen atoms in total. The van der Waals surface area contributed by atoms with E-state index in [1.807, 2.05) is 0 Å². The second-order valence-electron chi connectivity index (χ2n) is 9.16. The van der Waals surface area contributed by atoms with E-state index in [1.165, 1.54) is 30.7 Å². The van der Waals surface area contributed by atoms with Gasteiger partial charge in [0.05, 0.1) is 21.4 Å². The number of fused-ring (bicyclic) bond motifs is 2. The van der Waals surface area contributed by atoms with E-state index in [4.69, 9.17) is 16.0 Å². The normalized spacial score (nSPS) is 26.2. The van der Waals surface area contributed by atoms with Crippen molar-refractivity contribution in [2.24, 2.45) is 11.8 Å². The Morgan fingerprint density at radius 3 is 2.50 bits per heavy atom. The minimum absolute atomic E-state index is 0.00508. The summed E-state index contributed by atoms with van der Waals surface area (Å²) in [6, 6.07) is 6.58. The van der Waals surface area contributed by atoms with Crippen LogP contribution in [0.25, 0.3) is 0 Å². The molecule has 3 atom stereocenters. The Labute approximate surface area is 209 Å². The molecule has 3 unspecified atom stereocenters. The largest absolute Gasteiger partial charge is 0.446 e. The van der Waals surface area contributed by atoms with Crippen LogP contribution >= 0.6 is 11.6 Å². The number of nitrogens with zero attached hydrogens (tertiary/aromatic N) is 1. The Bertz CT molecular complexity index is 1420. The molecule has 1 amide bonds. The van der Waals surface area contributed by atoms with E-state index < -0.39 is 56.2 Å². The minimum atomic E-state index is -4.02.